The Morgan fingerprint density at radius 3 is 2.51 bits per heavy atom. The van der Waals surface area contributed by atoms with Crippen molar-refractivity contribution in [3.63, 3.8) is 0 Å². The van der Waals surface area contributed by atoms with E-state index in [-0.39, 0.29) is 0 Å². The Labute approximate surface area is 247 Å². The first-order valence-corrected chi connectivity index (χ1v) is 19.2. The average molecular weight is 674 g/mol. The van der Waals surface area contributed by atoms with Crippen LogP contribution in [0.1, 0.15) is 74.6 Å². The van der Waals surface area contributed by atoms with Gasteiger partial charge in [-0.1, -0.05) is 13.8 Å². The number of thiophene rings is 1. The van der Waals surface area contributed by atoms with Gasteiger partial charge in [-0.15, -0.1) is 11.6 Å². The van der Waals surface area contributed by atoms with Crippen molar-refractivity contribution in [3.8, 4) is 11.1 Å². The van der Waals surface area contributed by atoms with Crippen molar-refractivity contribution in [2.45, 2.75) is 63.7 Å². The molecule has 3 heterocycles. The van der Waals surface area contributed by atoms with Gasteiger partial charge >= 0.3 is 217 Å². The van der Waals surface area contributed by atoms with Crippen LogP contribution in [0, 0.1) is 5.92 Å². The molecule has 2 unspecified atom stereocenters. The molecule has 2 atom stereocenters. The maximum absolute atomic E-state index is 6.54. The van der Waals surface area contributed by atoms with Crippen LogP contribution in [0.5, 0.6) is 0 Å². The monoisotopic (exact) mass is 672 g/mol. The number of nitrogens with zero attached hydrogens (tertiary/aromatic N) is 2. The van der Waals surface area contributed by atoms with E-state index >= 15 is 0 Å². The molecule has 1 aliphatic heterocycles. The van der Waals surface area contributed by atoms with Crippen molar-refractivity contribution in [2.75, 3.05) is 17.9 Å². The Morgan fingerprint density at radius 1 is 1.14 bits per heavy atom. The molecule has 0 spiro atoms. The molecule has 0 aliphatic carbocycles. The Bertz CT molecular complexity index is 1100. The number of hydrogen-bond acceptors (Lipinski definition) is 3. The minimum Gasteiger partial charge on any atom is -0.130 e. The maximum Gasteiger partial charge on any atom is 0.0108 e. The van der Waals surface area contributed by atoms with Crippen LogP contribution < -0.4 is 0 Å². The van der Waals surface area contributed by atoms with Crippen molar-refractivity contribution in [2.24, 2.45) is 5.92 Å². The molecule has 1 aromatic carbocycles. The number of rotatable bonds is 9. The van der Waals surface area contributed by atoms with Crippen LogP contribution in [-0.2, 0) is 10.8 Å². The minimum absolute atomic E-state index is 0.381. The van der Waals surface area contributed by atoms with Gasteiger partial charge in [0.05, 0.1) is 0 Å². The summed E-state index contributed by atoms with van der Waals surface area (Å²) >= 11 is 11.6. The van der Waals surface area contributed by atoms with Crippen LogP contribution in [0.3, 0.4) is 0 Å². The zero-order valence-corrected chi connectivity index (χ0v) is 27.7. The largest absolute Gasteiger partial charge is 0.130 e. The van der Waals surface area contributed by atoms with Gasteiger partial charge in [0.25, 0.3) is 0 Å². The molecule has 0 radical (unpaired) electrons. The molecular formula is C31H43Cl2IN2S. The molecule has 6 heteroatoms. The third-order valence-electron chi connectivity index (χ3n) is 6.70. The van der Waals surface area contributed by atoms with E-state index < -0.39 is 20.1 Å². The molecule has 3 aromatic rings. The number of hydrogen-bond donors (Lipinski definition) is 0. The first kappa shape index (κ1) is 32.1. The van der Waals surface area contributed by atoms with Crippen molar-refractivity contribution < 1.29 is 0 Å². The molecule has 0 N–H and O–H groups in total. The SMILES string of the molecule is C=CN(C)I1Cc2sc(Cl)cc2C(c2ccccc2-c2cccnc2CC(CC)CCC)C1.CC.CCl. The Morgan fingerprint density at radius 2 is 1.84 bits per heavy atom. The predicted octanol–water partition coefficient (Wildman–Crippen LogP) is 10.9. The molecule has 0 saturated carbocycles. The summed E-state index contributed by atoms with van der Waals surface area (Å²) in [5.41, 5.74) is 6.73. The van der Waals surface area contributed by atoms with Gasteiger partial charge in [-0.25, -0.2) is 0 Å². The molecule has 4 rings (SSSR count). The molecule has 0 bridgehead atoms. The molecular weight excluding hydrogens is 630 g/mol. The van der Waals surface area contributed by atoms with E-state index in [0.29, 0.717) is 11.8 Å². The summed E-state index contributed by atoms with van der Waals surface area (Å²) in [5.74, 6) is 1.07. The van der Waals surface area contributed by atoms with Gasteiger partial charge in [0.15, 0.2) is 0 Å². The quantitative estimate of drug-likeness (QED) is 0.128. The van der Waals surface area contributed by atoms with Gasteiger partial charge in [-0.05, 0) is 0 Å². The topological polar surface area (TPSA) is 16.1 Å². The van der Waals surface area contributed by atoms with Gasteiger partial charge in [-0.3, -0.25) is 0 Å². The summed E-state index contributed by atoms with van der Waals surface area (Å²) in [7, 11) is 2.21. The molecule has 2 aromatic heterocycles. The Kier molecular flexibility index (Phi) is 14.6. The molecule has 204 valence electrons. The molecule has 2 nitrogen and oxygen atoms in total. The second kappa shape index (κ2) is 16.8. The van der Waals surface area contributed by atoms with E-state index in [1.165, 1.54) is 67.3 Å². The van der Waals surface area contributed by atoms with E-state index in [2.05, 4.69) is 84.7 Å². The van der Waals surface area contributed by atoms with Crippen molar-refractivity contribution in [3.05, 3.63) is 87.5 Å². The van der Waals surface area contributed by atoms with Gasteiger partial charge in [0.2, 0.25) is 0 Å². The van der Waals surface area contributed by atoms with E-state index in [4.69, 9.17) is 16.6 Å². The predicted molar refractivity (Wildman–Crippen MR) is 177 cm³/mol. The molecule has 0 saturated heterocycles. The summed E-state index contributed by atoms with van der Waals surface area (Å²) in [6, 6.07) is 15.6. The van der Waals surface area contributed by atoms with Gasteiger partial charge < -0.3 is 0 Å². The second-order valence-electron chi connectivity index (χ2n) is 8.76. The number of halogens is 3. The smallest absolute Gasteiger partial charge is 0.0108 e. The van der Waals surface area contributed by atoms with Crippen LogP contribution in [-0.4, -0.2) is 26.0 Å². The maximum atomic E-state index is 6.54. The summed E-state index contributed by atoms with van der Waals surface area (Å²) in [5, 5.41) is 0. The minimum atomic E-state index is -1.39. The van der Waals surface area contributed by atoms with Crippen LogP contribution >= 0.6 is 54.6 Å². The van der Waals surface area contributed by atoms with Crippen LogP contribution in [0.2, 0.25) is 4.34 Å². The van der Waals surface area contributed by atoms with Gasteiger partial charge in [-0.2, -0.15) is 0 Å². The Balaban J connectivity index is 0.00000115. The summed E-state index contributed by atoms with van der Waals surface area (Å²) in [6.07, 6.45) is 10.2. The zero-order valence-electron chi connectivity index (χ0n) is 23.2. The van der Waals surface area contributed by atoms with E-state index in [9.17, 15) is 0 Å². The van der Waals surface area contributed by atoms with Crippen LogP contribution in [0.4, 0.5) is 0 Å². The van der Waals surface area contributed by atoms with Crippen LogP contribution in [0.15, 0.2) is 61.4 Å². The fraction of sp³-hybridized carbons (Fsp3) is 0.452. The number of benzene rings is 1. The number of fused-ring (bicyclic) bond motifs is 1. The first-order chi connectivity index (χ1) is 18.0. The van der Waals surface area contributed by atoms with E-state index in [0.717, 1.165) is 10.8 Å². The first-order valence-electron chi connectivity index (χ1n) is 13.2. The standard InChI is InChI=1S/C28H34ClIN2S.C2H6.CH3Cl/c1-5-11-20(6-2)16-26-23(14-10-15-31-26)21-12-8-9-13-22(21)25-18-30(32(4)7-3)19-27-24(25)17-28(29)33-27;2*1-2/h7-10,12-15,17,20,25H,3,5-6,11,16,18-19H2,1-2,4H3;1-2H3;1H3. The number of pyridine rings is 1. The fourth-order valence-corrected chi connectivity index (χ4v) is 12.6. The van der Waals surface area contributed by atoms with Gasteiger partial charge in [0, 0.05) is 6.38 Å². The molecule has 37 heavy (non-hydrogen) atoms. The third kappa shape index (κ3) is 8.20. The Hall–Kier alpha value is -1.08. The average Bonchev–Trinajstić information content (AvgIpc) is 3.34. The van der Waals surface area contributed by atoms with Crippen molar-refractivity contribution in [1.82, 2.24) is 8.10 Å². The van der Waals surface area contributed by atoms with Crippen molar-refractivity contribution in [1.29, 1.82) is 0 Å². The number of alkyl halides is 3. The summed E-state index contributed by atoms with van der Waals surface area (Å²) in [6.45, 7) is 12.6. The number of aromatic nitrogens is 1. The summed E-state index contributed by atoms with van der Waals surface area (Å²) < 4.78 is 5.73. The normalized spacial score (nSPS) is 15.9. The van der Waals surface area contributed by atoms with E-state index in [1.807, 2.05) is 26.2 Å². The molecule has 1 aliphatic rings. The van der Waals surface area contributed by atoms with Crippen molar-refractivity contribution >= 4 is 54.6 Å². The fourth-order valence-electron chi connectivity index (χ4n) is 4.84. The van der Waals surface area contributed by atoms with E-state index in [1.54, 1.807) is 11.3 Å². The third-order valence-corrected chi connectivity index (χ3v) is 14.6. The molecule has 0 fully saturated rings. The summed E-state index contributed by atoms with van der Waals surface area (Å²) in [4.78, 5) is 6.36. The molecule has 0 amide bonds. The zero-order chi connectivity index (χ0) is 27.4. The second-order valence-corrected chi connectivity index (χ2v) is 16.1. The van der Waals surface area contributed by atoms with Crippen LogP contribution in [0.25, 0.3) is 11.1 Å². The van der Waals surface area contributed by atoms with Gasteiger partial charge in [0.1, 0.15) is 0 Å².